The molecule has 0 unspecified atom stereocenters. The van der Waals surface area contributed by atoms with Gasteiger partial charge in [-0.25, -0.2) is 0 Å². The lowest BCUT2D eigenvalue weighted by molar-refractivity contribution is -0.117. The van der Waals surface area contributed by atoms with Crippen LogP contribution in [0.5, 0.6) is 5.75 Å². The lowest BCUT2D eigenvalue weighted by Gasteiger charge is -2.11. The largest absolute Gasteiger partial charge is 0.497 e. The summed E-state index contributed by atoms with van der Waals surface area (Å²) in [4.78, 5) is 25.0. The smallest absolute Gasteiger partial charge is 0.267 e. The van der Waals surface area contributed by atoms with Gasteiger partial charge in [-0.2, -0.15) is 0 Å². The average molecular weight is 368 g/mol. The maximum atomic E-state index is 12.5. The van der Waals surface area contributed by atoms with E-state index in [9.17, 15) is 9.59 Å². The molecular weight excluding hydrogens is 344 g/mol. The summed E-state index contributed by atoms with van der Waals surface area (Å²) in [6.07, 6.45) is 2.32. The number of nitrogens with one attached hydrogen (secondary N) is 2. The quantitative estimate of drug-likeness (QED) is 0.527. The Morgan fingerprint density at radius 1 is 1.00 bits per heavy atom. The van der Waals surface area contributed by atoms with E-state index >= 15 is 0 Å². The van der Waals surface area contributed by atoms with Gasteiger partial charge in [0, 0.05) is 25.8 Å². The summed E-state index contributed by atoms with van der Waals surface area (Å²) in [6, 6.07) is 16.0. The van der Waals surface area contributed by atoms with Crippen LogP contribution in [0.3, 0.4) is 0 Å². The molecule has 0 radical (unpaired) electrons. The summed E-state index contributed by atoms with van der Waals surface area (Å²) in [5.74, 6) is 0.0136. The summed E-state index contributed by atoms with van der Waals surface area (Å²) < 4.78 is 10.1. The lowest BCUT2D eigenvalue weighted by Crippen LogP contribution is -2.35. The number of methoxy groups -OCH3 is 2. The van der Waals surface area contributed by atoms with Crippen molar-refractivity contribution in [3.63, 3.8) is 0 Å². The highest BCUT2D eigenvalue weighted by atomic mass is 16.5. The maximum Gasteiger partial charge on any atom is 0.267 e. The molecule has 0 atom stereocenters. The molecule has 2 amide bonds. The fourth-order valence-corrected chi connectivity index (χ4v) is 2.32. The molecule has 0 saturated carbocycles. The van der Waals surface area contributed by atoms with Crippen molar-refractivity contribution in [3.8, 4) is 5.75 Å². The van der Waals surface area contributed by atoms with Gasteiger partial charge in [0.2, 0.25) is 0 Å². The third-order valence-corrected chi connectivity index (χ3v) is 3.77. The molecule has 0 aromatic heterocycles. The molecule has 0 aliphatic rings. The number of ether oxygens (including phenoxy) is 2. The molecule has 2 rings (SSSR count). The molecule has 0 spiro atoms. The summed E-state index contributed by atoms with van der Waals surface area (Å²) in [6.45, 7) is 1.00. The van der Waals surface area contributed by atoms with E-state index in [1.807, 2.05) is 18.2 Å². The van der Waals surface area contributed by atoms with Crippen molar-refractivity contribution in [1.82, 2.24) is 10.6 Å². The second kappa shape index (κ2) is 10.8. The average Bonchev–Trinajstić information content (AvgIpc) is 2.71. The SMILES string of the molecule is COCCCNC(=O)/C(=C/c1ccc(OC)cc1)NC(=O)c1ccccc1. The van der Waals surface area contributed by atoms with Gasteiger partial charge in [0.15, 0.2) is 0 Å². The summed E-state index contributed by atoms with van der Waals surface area (Å²) in [7, 11) is 3.20. The molecule has 0 aliphatic heterocycles. The van der Waals surface area contributed by atoms with Crippen LogP contribution < -0.4 is 15.4 Å². The summed E-state index contributed by atoms with van der Waals surface area (Å²) in [5.41, 5.74) is 1.42. The van der Waals surface area contributed by atoms with E-state index in [1.54, 1.807) is 56.7 Å². The second-order valence-corrected chi connectivity index (χ2v) is 5.75. The van der Waals surface area contributed by atoms with Crippen molar-refractivity contribution < 1.29 is 19.1 Å². The Labute approximate surface area is 159 Å². The Bertz CT molecular complexity index is 771. The first-order valence-corrected chi connectivity index (χ1v) is 8.63. The number of benzene rings is 2. The highest BCUT2D eigenvalue weighted by molar-refractivity contribution is 6.05. The minimum Gasteiger partial charge on any atom is -0.497 e. The molecule has 0 bridgehead atoms. The molecule has 2 aromatic carbocycles. The first kappa shape index (κ1) is 20.2. The van der Waals surface area contributed by atoms with Gasteiger partial charge in [-0.3, -0.25) is 9.59 Å². The molecule has 6 nitrogen and oxygen atoms in total. The standard InChI is InChI=1S/C21H24N2O4/c1-26-14-6-13-22-21(25)19(15-16-9-11-18(27-2)12-10-16)23-20(24)17-7-4-3-5-8-17/h3-5,7-12,15H,6,13-14H2,1-2H3,(H,22,25)(H,23,24)/b19-15-. The van der Waals surface area contributed by atoms with Gasteiger partial charge in [-0.15, -0.1) is 0 Å². The van der Waals surface area contributed by atoms with E-state index < -0.39 is 0 Å². The van der Waals surface area contributed by atoms with Gasteiger partial charge in [-0.05, 0) is 42.3 Å². The van der Waals surface area contributed by atoms with Crippen LogP contribution in [-0.2, 0) is 9.53 Å². The van der Waals surface area contributed by atoms with Crippen LogP contribution in [0, 0.1) is 0 Å². The molecule has 0 saturated heterocycles. The molecule has 0 fully saturated rings. The van der Waals surface area contributed by atoms with E-state index in [1.165, 1.54) is 0 Å². The van der Waals surface area contributed by atoms with Crippen LogP contribution in [0.2, 0.25) is 0 Å². The molecule has 0 heterocycles. The van der Waals surface area contributed by atoms with Gasteiger partial charge in [0.1, 0.15) is 11.4 Å². The Hall–Kier alpha value is -3.12. The van der Waals surface area contributed by atoms with E-state index in [0.717, 1.165) is 5.56 Å². The predicted molar refractivity (Wildman–Crippen MR) is 104 cm³/mol. The molecule has 2 aromatic rings. The minimum absolute atomic E-state index is 0.173. The van der Waals surface area contributed by atoms with E-state index in [4.69, 9.17) is 9.47 Å². The zero-order valence-electron chi connectivity index (χ0n) is 15.5. The Morgan fingerprint density at radius 3 is 2.33 bits per heavy atom. The van der Waals surface area contributed by atoms with Crippen LogP contribution in [0.25, 0.3) is 6.08 Å². The van der Waals surface area contributed by atoms with Gasteiger partial charge >= 0.3 is 0 Å². The normalized spacial score (nSPS) is 11.0. The number of carbonyl (C=O) groups is 2. The number of rotatable bonds is 9. The first-order chi connectivity index (χ1) is 13.1. The van der Waals surface area contributed by atoms with Crippen LogP contribution in [0.1, 0.15) is 22.3 Å². The topological polar surface area (TPSA) is 76.7 Å². The molecule has 0 aliphatic carbocycles. The lowest BCUT2D eigenvalue weighted by atomic mass is 10.1. The number of carbonyl (C=O) groups excluding carboxylic acids is 2. The summed E-state index contributed by atoms with van der Waals surface area (Å²) >= 11 is 0. The highest BCUT2D eigenvalue weighted by Crippen LogP contribution is 2.14. The first-order valence-electron chi connectivity index (χ1n) is 8.63. The zero-order valence-corrected chi connectivity index (χ0v) is 15.5. The minimum atomic E-state index is -0.355. The highest BCUT2D eigenvalue weighted by Gasteiger charge is 2.14. The third kappa shape index (κ3) is 6.60. The van der Waals surface area contributed by atoms with E-state index in [0.29, 0.717) is 30.9 Å². The van der Waals surface area contributed by atoms with Crippen molar-refractivity contribution in [2.24, 2.45) is 0 Å². The molecule has 2 N–H and O–H groups in total. The van der Waals surface area contributed by atoms with Crippen molar-refractivity contribution in [2.45, 2.75) is 6.42 Å². The predicted octanol–water partition coefficient (Wildman–Crippen LogP) is 2.62. The van der Waals surface area contributed by atoms with Gasteiger partial charge in [-0.1, -0.05) is 30.3 Å². The van der Waals surface area contributed by atoms with Crippen molar-refractivity contribution in [2.75, 3.05) is 27.4 Å². The van der Waals surface area contributed by atoms with E-state index in [-0.39, 0.29) is 17.5 Å². The van der Waals surface area contributed by atoms with Crippen molar-refractivity contribution in [1.29, 1.82) is 0 Å². The maximum absolute atomic E-state index is 12.5. The number of hydrogen-bond donors (Lipinski definition) is 2. The van der Waals surface area contributed by atoms with Gasteiger partial charge in [0.05, 0.1) is 7.11 Å². The van der Waals surface area contributed by atoms with Gasteiger partial charge in [0.25, 0.3) is 11.8 Å². The van der Waals surface area contributed by atoms with E-state index in [2.05, 4.69) is 10.6 Å². The second-order valence-electron chi connectivity index (χ2n) is 5.75. The summed E-state index contributed by atoms with van der Waals surface area (Å²) in [5, 5.41) is 5.49. The third-order valence-electron chi connectivity index (χ3n) is 3.77. The number of amides is 2. The van der Waals surface area contributed by atoms with Gasteiger partial charge < -0.3 is 20.1 Å². The molecule has 142 valence electrons. The zero-order chi connectivity index (χ0) is 19.5. The Morgan fingerprint density at radius 2 is 1.70 bits per heavy atom. The fourth-order valence-electron chi connectivity index (χ4n) is 2.32. The number of hydrogen-bond acceptors (Lipinski definition) is 4. The monoisotopic (exact) mass is 368 g/mol. The van der Waals surface area contributed by atoms with Crippen LogP contribution in [-0.4, -0.2) is 39.2 Å². The fraction of sp³-hybridized carbons (Fsp3) is 0.238. The van der Waals surface area contributed by atoms with Crippen LogP contribution in [0.15, 0.2) is 60.3 Å². The molecule has 27 heavy (non-hydrogen) atoms. The van der Waals surface area contributed by atoms with Crippen molar-refractivity contribution in [3.05, 3.63) is 71.4 Å². The van der Waals surface area contributed by atoms with Crippen LogP contribution >= 0.6 is 0 Å². The Kier molecular flexibility index (Phi) is 8.06. The molecular formula is C21H24N2O4. The Balaban J connectivity index is 2.17. The molecule has 6 heteroatoms. The van der Waals surface area contributed by atoms with Crippen LogP contribution in [0.4, 0.5) is 0 Å². The van der Waals surface area contributed by atoms with Crippen molar-refractivity contribution >= 4 is 17.9 Å².